The Morgan fingerprint density at radius 2 is 1.79 bits per heavy atom. The molecule has 1 aromatic rings. The summed E-state index contributed by atoms with van der Waals surface area (Å²) in [5.41, 5.74) is 0.587. The molecule has 1 aliphatic carbocycles. The molecule has 1 atom stereocenters. The van der Waals surface area contributed by atoms with E-state index in [1.807, 2.05) is 0 Å². The van der Waals surface area contributed by atoms with Crippen LogP contribution in [-0.2, 0) is 0 Å². The van der Waals surface area contributed by atoms with Crippen molar-refractivity contribution in [3.63, 3.8) is 0 Å². The van der Waals surface area contributed by atoms with Crippen LogP contribution in [0.25, 0.3) is 0 Å². The summed E-state index contributed by atoms with van der Waals surface area (Å²) in [5.74, 6) is 6.86. The summed E-state index contributed by atoms with van der Waals surface area (Å²) in [6, 6.07) is 5.25. The first-order valence-corrected chi connectivity index (χ1v) is 7.54. The van der Waals surface area contributed by atoms with Crippen molar-refractivity contribution in [1.82, 2.24) is 0 Å². The van der Waals surface area contributed by atoms with E-state index >= 15 is 0 Å². The standard InChI is InChI=1S/C16H18Cl2O/c17-13-9-5-10-14(18)16(13)15(19)11-4-8-12-6-2-1-3-7-12/h5,9-10,12,15,19H,1-3,6-7,11H2. The molecule has 0 heterocycles. The second-order valence-electron chi connectivity index (χ2n) is 5.01. The van der Waals surface area contributed by atoms with Crippen LogP contribution in [0.5, 0.6) is 0 Å². The van der Waals surface area contributed by atoms with Gasteiger partial charge in [0.15, 0.2) is 0 Å². The average Bonchev–Trinajstić information content (AvgIpc) is 2.40. The van der Waals surface area contributed by atoms with Gasteiger partial charge in [0.05, 0.1) is 6.10 Å². The zero-order valence-corrected chi connectivity index (χ0v) is 12.3. The molecule has 0 bridgehead atoms. The Morgan fingerprint density at radius 1 is 1.16 bits per heavy atom. The van der Waals surface area contributed by atoms with Crippen LogP contribution >= 0.6 is 23.2 Å². The quantitative estimate of drug-likeness (QED) is 0.762. The minimum absolute atomic E-state index is 0.389. The van der Waals surface area contributed by atoms with Gasteiger partial charge in [-0.3, -0.25) is 0 Å². The van der Waals surface area contributed by atoms with E-state index in [1.54, 1.807) is 18.2 Å². The third kappa shape index (κ3) is 4.14. The highest BCUT2D eigenvalue weighted by atomic mass is 35.5. The molecule has 0 radical (unpaired) electrons. The largest absolute Gasteiger partial charge is 0.387 e. The van der Waals surface area contributed by atoms with Crippen LogP contribution in [-0.4, -0.2) is 5.11 Å². The predicted molar refractivity (Wildman–Crippen MR) is 80.4 cm³/mol. The van der Waals surface area contributed by atoms with Crippen LogP contribution in [0.2, 0.25) is 10.0 Å². The highest BCUT2D eigenvalue weighted by Gasteiger charge is 2.14. The molecular weight excluding hydrogens is 279 g/mol. The van der Waals surface area contributed by atoms with Gasteiger partial charge in [-0.15, -0.1) is 0 Å². The summed E-state index contributed by atoms with van der Waals surface area (Å²) >= 11 is 12.1. The zero-order valence-electron chi connectivity index (χ0n) is 10.8. The van der Waals surface area contributed by atoms with Gasteiger partial charge in [0.25, 0.3) is 0 Å². The van der Waals surface area contributed by atoms with Crippen LogP contribution < -0.4 is 0 Å². The molecule has 1 unspecified atom stereocenters. The maximum absolute atomic E-state index is 10.1. The smallest absolute Gasteiger partial charge is 0.0928 e. The van der Waals surface area contributed by atoms with Gasteiger partial charge in [0.2, 0.25) is 0 Å². The lowest BCUT2D eigenvalue weighted by atomic mass is 9.89. The summed E-state index contributed by atoms with van der Waals surface area (Å²) in [5, 5.41) is 11.1. The zero-order chi connectivity index (χ0) is 13.7. The molecule has 0 aliphatic heterocycles. The lowest BCUT2D eigenvalue weighted by Gasteiger charge is -2.16. The van der Waals surface area contributed by atoms with Gasteiger partial charge in [-0.25, -0.2) is 0 Å². The van der Waals surface area contributed by atoms with Gasteiger partial charge in [0.1, 0.15) is 0 Å². The van der Waals surface area contributed by atoms with E-state index in [0.29, 0.717) is 27.9 Å². The second kappa shape index (κ2) is 7.20. The Hall–Kier alpha value is -0.680. The van der Waals surface area contributed by atoms with Crippen LogP contribution in [0, 0.1) is 17.8 Å². The first-order valence-electron chi connectivity index (χ1n) is 6.79. The van der Waals surface area contributed by atoms with Gasteiger partial charge in [-0.1, -0.05) is 60.4 Å². The molecule has 0 amide bonds. The minimum Gasteiger partial charge on any atom is -0.387 e. The van der Waals surface area contributed by atoms with E-state index in [-0.39, 0.29) is 0 Å². The molecule has 1 aromatic carbocycles. The highest BCUT2D eigenvalue weighted by molar-refractivity contribution is 6.36. The van der Waals surface area contributed by atoms with Gasteiger partial charge >= 0.3 is 0 Å². The molecule has 19 heavy (non-hydrogen) atoms. The average molecular weight is 297 g/mol. The van der Waals surface area contributed by atoms with Crippen molar-refractivity contribution in [1.29, 1.82) is 0 Å². The Bertz CT molecular complexity index is 461. The lowest BCUT2D eigenvalue weighted by Crippen LogP contribution is -2.03. The molecule has 1 nitrogen and oxygen atoms in total. The summed E-state index contributed by atoms with van der Waals surface area (Å²) < 4.78 is 0. The van der Waals surface area contributed by atoms with Crippen LogP contribution in [0.4, 0.5) is 0 Å². The Kier molecular flexibility index (Phi) is 5.58. The van der Waals surface area contributed by atoms with Crippen LogP contribution in [0.15, 0.2) is 18.2 Å². The lowest BCUT2D eigenvalue weighted by molar-refractivity contribution is 0.184. The van der Waals surface area contributed by atoms with E-state index in [1.165, 1.54) is 32.1 Å². The predicted octanol–water partition coefficient (Wildman–Crippen LogP) is 5.00. The summed E-state index contributed by atoms with van der Waals surface area (Å²) in [4.78, 5) is 0. The third-order valence-corrected chi connectivity index (χ3v) is 4.20. The first kappa shape index (κ1) is 14.7. The van der Waals surface area contributed by atoms with E-state index in [4.69, 9.17) is 23.2 Å². The Morgan fingerprint density at radius 3 is 2.42 bits per heavy atom. The number of hydrogen-bond donors (Lipinski definition) is 1. The van der Waals surface area contributed by atoms with Crippen molar-refractivity contribution in [2.45, 2.75) is 44.6 Å². The van der Waals surface area contributed by atoms with Gasteiger partial charge in [0, 0.05) is 27.9 Å². The van der Waals surface area contributed by atoms with Crippen molar-refractivity contribution in [3.05, 3.63) is 33.8 Å². The van der Waals surface area contributed by atoms with Crippen molar-refractivity contribution < 1.29 is 5.11 Å². The van der Waals surface area contributed by atoms with E-state index in [9.17, 15) is 5.11 Å². The molecule has 1 aliphatic rings. The maximum atomic E-state index is 10.1. The molecule has 2 rings (SSSR count). The van der Waals surface area contributed by atoms with Crippen LogP contribution in [0.3, 0.4) is 0 Å². The van der Waals surface area contributed by atoms with Crippen molar-refractivity contribution in [3.8, 4) is 11.8 Å². The van der Waals surface area contributed by atoms with Gasteiger partial charge < -0.3 is 5.11 Å². The van der Waals surface area contributed by atoms with Crippen molar-refractivity contribution in [2.24, 2.45) is 5.92 Å². The van der Waals surface area contributed by atoms with Crippen LogP contribution in [0.1, 0.15) is 50.2 Å². The number of hydrogen-bond acceptors (Lipinski definition) is 1. The molecule has 1 saturated carbocycles. The van der Waals surface area contributed by atoms with E-state index < -0.39 is 6.10 Å². The van der Waals surface area contributed by atoms with Gasteiger partial charge in [-0.2, -0.15) is 0 Å². The Labute approximate surface area is 124 Å². The number of rotatable bonds is 2. The molecule has 3 heteroatoms. The molecule has 1 N–H and O–H groups in total. The SMILES string of the molecule is OC(CC#CC1CCCCC1)c1c(Cl)cccc1Cl. The first-order chi connectivity index (χ1) is 9.18. The highest BCUT2D eigenvalue weighted by Crippen LogP contribution is 2.31. The fourth-order valence-corrected chi connectivity index (χ4v) is 3.13. The minimum atomic E-state index is -0.711. The van der Waals surface area contributed by atoms with Crippen molar-refractivity contribution >= 4 is 23.2 Å². The molecular formula is C16H18Cl2O. The number of aliphatic hydroxyl groups is 1. The fraction of sp³-hybridized carbons (Fsp3) is 0.500. The summed E-state index contributed by atoms with van der Waals surface area (Å²) in [7, 11) is 0. The molecule has 0 spiro atoms. The van der Waals surface area contributed by atoms with E-state index in [0.717, 1.165) is 0 Å². The molecule has 0 aromatic heterocycles. The third-order valence-electron chi connectivity index (χ3n) is 3.54. The Balaban J connectivity index is 1.97. The molecule has 102 valence electrons. The normalized spacial score (nSPS) is 17.6. The summed E-state index contributed by atoms with van der Waals surface area (Å²) in [6.45, 7) is 0. The topological polar surface area (TPSA) is 20.2 Å². The maximum Gasteiger partial charge on any atom is 0.0928 e. The number of aliphatic hydroxyl groups excluding tert-OH is 1. The van der Waals surface area contributed by atoms with E-state index in [2.05, 4.69) is 11.8 Å². The molecule has 0 saturated heterocycles. The number of benzene rings is 1. The molecule has 1 fully saturated rings. The monoisotopic (exact) mass is 296 g/mol. The second-order valence-corrected chi connectivity index (χ2v) is 5.83. The number of halogens is 2. The van der Waals surface area contributed by atoms with Gasteiger partial charge in [-0.05, 0) is 25.0 Å². The fourth-order valence-electron chi connectivity index (χ4n) is 2.48. The van der Waals surface area contributed by atoms with Crippen molar-refractivity contribution in [2.75, 3.05) is 0 Å². The summed E-state index contributed by atoms with van der Waals surface area (Å²) in [6.07, 6.45) is 5.94.